The summed E-state index contributed by atoms with van der Waals surface area (Å²) in [5, 5.41) is 9.46. The largest absolute Gasteiger partial charge is 0.422 e. The van der Waals surface area contributed by atoms with E-state index in [2.05, 4.69) is 4.98 Å². The van der Waals surface area contributed by atoms with Crippen LogP contribution in [-0.4, -0.2) is 19.9 Å². The van der Waals surface area contributed by atoms with Gasteiger partial charge in [0, 0.05) is 5.69 Å². The molecule has 0 aromatic carbocycles. The maximum Gasteiger partial charge on any atom is 0.363 e. The van der Waals surface area contributed by atoms with Gasteiger partial charge in [-0.25, -0.2) is 4.79 Å². The molecule has 0 aliphatic rings. The Morgan fingerprint density at radius 2 is 2.08 bits per heavy atom. The molecule has 0 amide bonds. The molecule has 2 aromatic rings. The van der Waals surface area contributed by atoms with Crippen LogP contribution in [0.5, 0.6) is 0 Å². The van der Waals surface area contributed by atoms with Gasteiger partial charge in [-0.15, -0.1) is 4.73 Å². The van der Waals surface area contributed by atoms with Crippen LogP contribution in [0.25, 0.3) is 11.0 Å². The van der Waals surface area contributed by atoms with Crippen LogP contribution in [0.3, 0.4) is 0 Å². The molecular weight excluding hydrogens is 174 g/mol. The third-order valence-corrected chi connectivity index (χ3v) is 1.80. The highest BCUT2D eigenvalue weighted by Gasteiger charge is 2.07. The van der Waals surface area contributed by atoms with Crippen molar-refractivity contribution in [3.8, 4) is 0 Å². The SMILES string of the molecule is Cc1cc2c(=O)[nH]c(=O)n(O)c2[nH]1. The summed E-state index contributed by atoms with van der Waals surface area (Å²) < 4.78 is 0.379. The van der Waals surface area contributed by atoms with E-state index in [9.17, 15) is 14.8 Å². The summed E-state index contributed by atoms with van der Waals surface area (Å²) in [5.74, 6) is 0. The fourth-order valence-corrected chi connectivity index (χ4v) is 1.23. The Balaban J connectivity index is 3.13. The van der Waals surface area contributed by atoms with Gasteiger partial charge in [0.25, 0.3) is 5.56 Å². The standard InChI is InChI=1S/C7H7N3O3/c1-3-2-4-5(8-3)10(13)7(12)9-6(4)11/h2,8,13H,1H3,(H,9,11,12). The topological polar surface area (TPSA) is 90.9 Å². The van der Waals surface area contributed by atoms with Gasteiger partial charge in [0.2, 0.25) is 0 Å². The number of fused-ring (bicyclic) bond motifs is 1. The van der Waals surface area contributed by atoms with E-state index in [1.165, 1.54) is 0 Å². The maximum absolute atomic E-state index is 11.2. The van der Waals surface area contributed by atoms with Crippen LogP contribution in [0.15, 0.2) is 15.7 Å². The van der Waals surface area contributed by atoms with E-state index in [1.807, 2.05) is 4.98 Å². The Morgan fingerprint density at radius 3 is 2.77 bits per heavy atom. The molecule has 0 unspecified atom stereocenters. The van der Waals surface area contributed by atoms with Crippen LogP contribution in [0, 0.1) is 6.92 Å². The van der Waals surface area contributed by atoms with Crippen molar-refractivity contribution in [2.24, 2.45) is 0 Å². The number of hydrogen-bond acceptors (Lipinski definition) is 3. The van der Waals surface area contributed by atoms with Crippen molar-refractivity contribution in [3.05, 3.63) is 32.6 Å². The lowest BCUT2D eigenvalue weighted by Crippen LogP contribution is -2.28. The van der Waals surface area contributed by atoms with Gasteiger partial charge >= 0.3 is 5.69 Å². The molecule has 6 nitrogen and oxygen atoms in total. The van der Waals surface area contributed by atoms with E-state index in [-0.39, 0.29) is 11.0 Å². The van der Waals surface area contributed by atoms with E-state index < -0.39 is 11.2 Å². The summed E-state index contributed by atoms with van der Waals surface area (Å²) in [5.41, 5.74) is -0.533. The molecule has 3 N–H and O–H groups in total. The first-order chi connectivity index (χ1) is 6.09. The fraction of sp³-hybridized carbons (Fsp3) is 0.143. The Morgan fingerprint density at radius 1 is 1.38 bits per heavy atom. The van der Waals surface area contributed by atoms with Gasteiger partial charge in [-0.2, -0.15) is 0 Å². The average Bonchev–Trinajstić information content (AvgIpc) is 2.44. The van der Waals surface area contributed by atoms with E-state index in [0.29, 0.717) is 10.4 Å². The lowest BCUT2D eigenvalue weighted by atomic mass is 10.4. The van der Waals surface area contributed by atoms with Crippen molar-refractivity contribution in [3.63, 3.8) is 0 Å². The Bertz CT molecular complexity index is 575. The minimum Gasteiger partial charge on any atom is -0.422 e. The van der Waals surface area contributed by atoms with E-state index >= 15 is 0 Å². The van der Waals surface area contributed by atoms with Gasteiger partial charge in [0.1, 0.15) is 0 Å². The Labute approximate surface area is 71.4 Å². The molecule has 2 aromatic heterocycles. The second-order valence-electron chi connectivity index (χ2n) is 2.79. The molecule has 2 rings (SSSR count). The van der Waals surface area contributed by atoms with Crippen LogP contribution in [-0.2, 0) is 0 Å². The number of rotatable bonds is 0. The van der Waals surface area contributed by atoms with Gasteiger partial charge in [-0.05, 0) is 13.0 Å². The summed E-state index contributed by atoms with van der Waals surface area (Å²) in [6.45, 7) is 1.73. The fourth-order valence-electron chi connectivity index (χ4n) is 1.23. The van der Waals surface area contributed by atoms with Crippen molar-refractivity contribution in [2.75, 3.05) is 0 Å². The quantitative estimate of drug-likeness (QED) is 0.481. The monoisotopic (exact) mass is 181 g/mol. The van der Waals surface area contributed by atoms with Gasteiger partial charge in [-0.3, -0.25) is 9.78 Å². The van der Waals surface area contributed by atoms with Crippen LogP contribution in [0.4, 0.5) is 0 Å². The minimum absolute atomic E-state index is 0.117. The van der Waals surface area contributed by atoms with Crippen LogP contribution in [0.1, 0.15) is 5.69 Å². The number of H-pyrrole nitrogens is 2. The molecule has 0 aliphatic heterocycles. The van der Waals surface area contributed by atoms with Crippen molar-refractivity contribution < 1.29 is 5.21 Å². The molecule has 0 saturated heterocycles. The number of hydrogen-bond donors (Lipinski definition) is 3. The van der Waals surface area contributed by atoms with Crippen LogP contribution < -0.4 is 11.2 Å². The molecule has 0 saturated carbocycles. The van der Waals surface area contributed by atoms with Crippen molar-refractivity contribution in [1.29, 1.82) is 0 Å². The van der Waals surface area contributed by atoms with Crippen molar-refractivity contribution in [1.82, 2.24) is 14.7 Å². The lowest BCUT2D eigenvalue weighted by molar-refractivity contribution is 0.182. The van der Waals surface area contributed by atoms with E-state index in [4.69, 9.17) is 0 Å². The van der Waals surface area contributed by atoms with Crippen LogP contribution in [0.2, 0.25) is 0 Å². The van der Waals surface area contributed by atoms with Crippen molar-refractivity contribution >= 4 is 11.0 Å². The molecule has 13 heavy (non-hydrogen) atoms. The average molecular weight is 181 g/mol. The highest BCUT2D eigenvalue weighted by molar-refractivity contribution is 5.75. The van der Waals surface area contributed by atoms with E-state index in [1.54, 1.807) is 13.0 Å². The molecule has 68 valence electrons. The first kappa shape index (κ1) is 7.66. The lowest BCUT2D eigenvalue weighted by Gasteiger charge is -1.94. The molecule has 0 fully saturated rings. The molecule has 0 aliphatic carbocycles. The summed E-state index contributed by atoms with van der Waals surface area (Å²) in [4.78, 5) is 26.7. The second kappa shape index (κ2) is 2.25. The van der Waals surface area contributed by atoms with Gasteiger partial charge in [-0.1, -0.05) is 0 Å². The van der Waals surface area contributed by atoms with Crippen LogP contribution >= 0.6 is 0 Å². The molecule has 0 radical (unpaired) electrons. The zero-order chi connectivity index (χ0) is 9.59. The highest BCUT2D eigenvalue weighted by Crippen LogP contribution is 2.06. The molecule has 2 heterocycles. The third kappa shape index (κ3) is 0.952. The van der Waals surface area contributed by atoms with Gasteiger partial charge < -0.3 is 10.2 Å². The first-order valence-corrected chi connectivity index (χ1v) is 3.63. The number of aryl methyl sites for hydroxylation is 1. The minimum atomic E-state index is -0.848. The number of nitrogens with zero attached hydrogens (tertiary/aromatic N) is 1. The molecule has 0 spiro atoms. The summed E-state index contributed by atoms with van der Waals surface area (Å²) >= 11 is 0. The Kier molecular flexibility index (Phi) is 1.33. The predicted octanol–water partition coefficient (Wildman–Crippen LogP) is -0.436. The smallest absolute Gasteiger partial charge is 0.363 e. The summed E-state index contributed by atoms with van der Waals surface area (Å²) in [7, 11) is 0. The third-order valence-electron chi connectivity index (χ3n) is 1.80. The zero-order valence-corrected chi connectivity index (χ0v) is 6.79. The molecular formula is C7H7N3O3. The second-order valence-corrected chi connectivity index (χ2v) is 2.79. The molecule has 0 atom stereocenters. The molecule has 6 heteroatoms. The summed E-state index contributed by atoms with van der Waals surface area (Å²) in [6.07, 6.45) is 0. The number of nitrogens with one attached hydrogen (secondary N) is 2. The van der Waals surface area contributed by atoms with Gasteiger partial charge in [0.15, 0.2) is 5.65 Å². The van der Waals surface area contributed by atoms with Crippen molar-refractivity contribution in [2.45, 2.75) is 6.92 Å². The van der Waals surface area contributed by atoms with Gasteiger partial charge in [0.05, 0.1) is 5.39 Å². The number of aromatic amines is 2. The predicted molar refractivity (Wildman–Crippen MR) is 45.1 cm³/mol. The molecule has 0 bridgehead atoms. The zero-order valence-electron chi connectivity index (χ0n) is 6.79. The first-order valence-electron chi connectivity index (χ1n) is 3.63. The normalized spacial score (nSPS) is 10.8. The highest BCUT2D eigenvalue weighted by atomic mass is 16.5. The maximum atomic E-state index is 11.2. The Hall–Kier alpha value is -1.98. The summed E-state index contributed by atoms with van der Waals surface area (Å²) in [6, 6.07) is 1.56. The number of aromatic nitrogens is 3. The van der Waals surface area contributed by atoms with E-state index in [0.717, 1.165) is 0 Å².